The highest BCUT2D eigenvalue weighted by molar-refractivity contribution is 5.28. The minimum Gasteiger partial charge on any atom is -0.494 e. The molecule has 16 heavy (non-hydrogen) atoms. The highest BCUT2D eigenvalue weighted by Gasteiger charge is 2.06. The zero-order valence-electron chi connectivity index (χ0n) is 10.8. The summed E-state index contributed by atoms with van der Waals surface area (Å²) in [6.07, 6.45) is 1.05. The summed E-state index contributed by atoms with van der Waals surface area (Å²) in [5, 5.41) is 3.48. The molecule has 0 radical (unpaired) electrons. The normalized spacial score (nSPS) is 12.8. The highest BCUT2D eigenvalue weighted by atomic mass is 16.5. The summed E-state index contributed by atoms with van der Waals surface area (Å²) in [5.74, 6) is 0.961. The van der Waals surface area contributed by atoms with Gasteiger partial charge in [0.2, 0.25) is 0 Å². The van der Waals surface area contributed by atoms with Crippen LogP contribution in [0.25, 0.3) is 0 Å². The molecule has 2 heteroatoms. The summed E-state index contributed by atoms with van der Waals surface area (Å²) >= 11 is 0. The first kappa shape index (κ1) is 13.0. The van der Waals surface area contributed by atoms with Gasteiger partial charge in [-0.2, -0.15) is 0 Å². The monoisotopic (exact) mass is 221 g/mol. The van der Waals surface area contributed by atoms with Gasteiger partial charge >= 0.3 is 0 Å². The van der Waals surface area contributed by atoms with Gasteiger partial charge in [0.1, 0.15) is 5.75 Å². The first-order valence-corrected chi connectivity index (χ1v) is 6.12. The number of ether oxygens (including phenoxy) is 1. The summed E-state index contributed by atoms with van der Waals surface area (Å²) in [5.41, 5.74) is 1.30. The van der Waals surface area contributed by atoms with E-state index >= 15 is 0 Å². The molecule has 0 aliphatic heterocycles. The number of hydrogen-bond donors (Lipinski definition) is 1. The molecule has 1 atom stereocenters. The molecule has 0 fully saturated rings. The molecule has 1 aromatic rings. The minimum absolute atomic E-state index is 0.389. The van der Waals surface area contributed by atoms with E-state index in [0.717, 1.165) is 18.8 Å². The molecule has 0 amide bonds. The van der Waals surface area contributed by atoms with Crippen molar-refractivity contribution in [1.29, 1.82) is 0 Å². The van der Waals surface area contributed by atoms with Gasteiger partial charge in [-0.1, -0.05) is 32.9 Å². The third kappa shape index (κ3) is 4.23. The summed E-state index contributed by atoms with van der Waals surface area (Å²) < 4.78 is 5.55. The molecule has 1 aromatic carbocycles. The minimum atomic E-state index is 0.389. The fraction of sp³-hybridized carbons (Fsp3) is 0.571. The predicted molar refractivity (Wildman–Crippen MR) is 68.9 cm³/mol. The van der Waals surface area contributed by atoms with Gasteiger partial charge in [-0.05, 0) is 31.0 Å². The Balaban J connectivity index is 2.56. The summed E-state index contributed by atoms with van der Waals surface area (Å²) in [4.78, 5) is 0. The topological polar surface area (TPSA) is 21.3 Å². The first-order chi connectivity index (χ1) is 7.63. The number of benzene rings is 1. The lowest BCUT2D eigenvalue weighted by atomic mass is 10.1. The number of rotatable bonds is 6. The maximum atomic E-state index is 5.55. The maximum Gasteiger partial charge on any atom is 0.119 e. The van der Waals surface area contributed by atoms with Gasteiger partial charge in [0.05, 0.1) is 6.61 Å². The van der Waals surface area contributed by atoms with Gasteiger partial charge in [0.25, 0.3) is 0 Å². The van der Waals surface area contributed by atoms with Crippen LogP contribution in [-0.4, -0.2) is 12.6 Å². The van der Waals surface area contributed by atoms with Crippen molar-refractivity contribution in [2.24, 2.45) is 0 Å². The van der Waals surface area contributed by atoms with Crippen molar-refractivity contribution in [3.63, 3.8) is 0 Å². The SMILES string of the molecule is CCCOc1ccc([C@@H](C)NC(C)C)cc1. The largest absolute Gasteiger partial charge is 0.494 e. The van der Waals surface area contributed by atoms with Crippen molar-refractivity contribution in [2.45, 2.75) is 46.2 Å². The van der Waals surface area contributed by atoms with E-state index in [9.17, 15) is 0 Å². The summed E-state index contributed by atoms with van der Waals surface area (Å²) in [7, 11) is 0. The molecule has 0 unspecified atom stereocenters. The van der Waals surface area contributed by atoms with Crippen LogP contribution in [0.2, 0.25) is 0 Å². The van der Waals surface area contributed by atoms with Crippen LogP contribution in [0, 0.1) is 0 Å². The van der Waals surface area contributed by atoms with Crippen molar-refractivity contribution in [1.82, 2.24) is 5.32 Å². The number of nitrogens with one attached hydrogen (secondary N) is 1. The van der Waals surface area contributed by atoms with Crippen LogP contribution in [0.3, 0.4) is 0 Å². The van der Waals surface area contributed by atoms with Crippen molar-refractivity contribution < 1.29 is 4.74 Å². The fourth-order valence-corrected chi connectivity index (χ4v) is 1.67. The van der Waals surface area contributed by atoms with E-state index in [1.165, 1.54) is 5.56 Å². The van der Waals surface area contributed by atoms with Gasteiger partial charge in [-0.25, -0.2) is 0 Å². The van der Waals surface area contributed by atoms with E-state index in [1.807, 2.05) is 12.1 Å². The van der Waals surface area contributed by atoms with E-state index in [4.69, 9.17) is 4.74 Å². The zero-order valence-corrected chi connectivity index (χ0v) is 10.8. The molecule has 90 valence electrons. The molecular formula is C14H23NO. The van der Waals surface area contributed by atoms with E-state index in [1.54, 1.807) is 0 Å². The lowest BCUT2D eigenvalue weighted by molar-refractivity contribution is 0.317. The number of hydrogen-bond acceptors (Lipinski definition) is 2. The second-order valence-electron chi connectivity index (χ2n) is 4.46. The van der Waals surface area contributed by atoms with Crippen molar-refractivity contribution >= 4 is 0 Å². The predicted octanol–water partition coefficient (Wildman–Crippen LogP) is 3.53. The molecule has 0 bridgehead atoms. The van der Waals surface area contributed by atoms with Gasteiger partial charge in [-0.15, -0.1) is 0 Å². The Bertz CT molecular complexity index is 292. The van der Waals surface area contributed by atoms with Crippen LogP contribution >= 0.6 is 0 Å². The van der Waals surface area contributed by atoms with Crippen LogP contribution in [0.5, 0.6) is 5.75 Å². The molecule has 0 aliphatic rings. The molecule has 0 aromatic heterocycles. The maximum absolute atomic E-state index is 5.55. The molecule has 0 heterocycles. The average molecular weight is 221 g/mol. The Kier molecular flexibility index (Phi) is 5.33. The zero-order chi connectivity index (χ0) is 12.0. The van der Waals surface area contributed by atoms with Crippen LogP contribution in [0.1, 0.15) is 45.7 Å². The van der Waals surface area contributed by atoms with Crippen molar-refractivity contribution in [3.05, 3.63) is 29.8 Å². The average Bonchev–Trinajstić information content (AvgIpc) is 2.26. The molecule has 1 N–H and O–H groups in total. The Morgan fingerprint density at radius 1 is 1.12 bits per heavy atom. The Labute approximate surface area is 99.0 Å². The summed E-state index contributed by atoms with van der Waals surface area (Å²) in [6, 6.07) is 9.24. The van der Waals surface area contributed by atoms with Crippen LogP contribution in [0.4, 0.5) is 0 Å². The second kappa shape index (κ2) is 6.54. The van der Waals surface area contributed by atoms with Gasteiger partial charge in [-0.3, -0.25) is 0 Å². The molecule has 0 spiro atoms. The van der Waals surface area contributed by atoms with Crippen molar-refractivity contribution in [3.8, 4) is 5.75 Å². The molecule has 0 aliphatic carbocycles. The lowest BCUT2D eigenvalue weighted by Crippen LogP contribution is -2.25. The first-order valence-electron chi connectivity index (χ1n) is 6.12. The van der Waals surface area contributed by atoms with Crippen LogP contribution < -0.4 is 10.1 Å². The van der Waals surface area contributed by atoms with E-state index in [-0.39, 0.29) is 0 Å². The standard InChI is InChI=1S/C14H23NO/c1-5-10-16-14-8-6-13(7-9-14)12(4)15-11(2)3/h6-9,11-12,15H,5,10H2,1-4H3/t12-/m1/s1. The lowest BCUT2D eigenvalue weighted by Gasteiger charge is -2.17. The highest BCUT2D eigenvalue weighted by Crippen LogP contribution is 2.18. The van der Waals surface area contributed by atoms with Crippen molar-refractivity contribution in [2.75, 3.05) is 6.61 Å². The van der Waals surface area contributed by atoms with Crippen LogP contribution in [0.15, 0.2) is 24.3 Å². The second-order valence-corrected chi connectivity index (χ2v) is 4.46. The molecule has 1 rings (SSSR count). The Hall–Kier alpha value is -1.02. The molecular weight excluding hydrogens is 198 g/mol. The Morgan fingerprint density at radius 2 is 1.75 bits per heavy atom. The molecule has 0 saturated carbocycles. The third-order valence-electron chi connectivity index (χ3n) is 2.44. The molecule has 0 saturated heterocycles. The van der Waals surface area contributed by atoms with E-state index in [2.05, 4.69) is 45.1 Å². The quantitative estimate of drug-likeness (QED) is 0.793. The summed E-state index contributed by atoms with van der Waals surface area (Å²) in [6.45, 7) is 9.41. The van der Waals surface area contributed by atoms with E-state index < -0.39 is 0 Å². The molecule has 2 nitrogen and oxygen atoms in total. The van der Waals surface area contributed by atoms with Gasteiger partial charge in [0, 0.05) is 12.1 Å². The smallest absolute Gasteiger partial charge is 0.119 e. The Morgan fingerprint density at radius 3 is 2.25 bits per heavy atom. The van der Waals surface area contributed by atoms with Gasteiger partial charge in [0.15, 0.2) is 0 Å². The fourth-order valence-electron chi connectivity index (χ4n) is 1.67. The van der Waals surface area contributed by atoms with Gasteiger partial charge < -0.3 is 10.1 Å². The van der Waals surface area contributed by atoms with E-state index in [0.29, 0.717) is 12.1 Å². The van der Waals surface area contributed by atoms with Crippen LogP contribution in [-0.2, 0) is 0 Å². The third-order valence-corrected chi connectivity index (χ3v) is 2.44.